The van der Waals surface area contributed by atoms with E-state index in [1.807, 2.05) is 12.1 Å². The lowest BCUT2D eigenvalue weighted by atomic mass is 9.88. The highest BCUT2D eigenvalue weighted by molar-refractivity contribution is 7.94. The summed E-state index contributed by atoms with van der Waals surface area (Å²) in [6.45, 7) is 6.89. The van der Waals surface area contributed by atoms with Crippen molar-refractivity contribution in [2.24, 2.45) is 0 Å². The number of nitrogens with zero attached hydrogens (tertiary/aromatic N) is 1. The maximum Gasteiger partial charge on any atom is 0.406 e. The van der Waals surface area contributed by atoms with Crippen molar-refractivity contribution >= 4 is 22.8 Å². The van der Waals surface area contributed by atoms with Gasteiger partial charge >= 0.3 is 7.05 Å². The highest BCUT2D eigenvalue weighted by Crippen LogP contribution is 2.33. The summed E-state index contributed by atoms with van der Waals surface area (Å²) in [5.74, 6) is 0. The minimum atomic E-state index is -3.76. The van der Waals surface area contributed by atoms with Crippen LogP contribution in [0.2, 0.25) is 6.82 Å². The van der Waals surface area contributed by atoms with Crippen LogP contribution in [0.25, 0.3) is 15.8 Å². The summed E-state index contributed by atoms with van der Waals surface area (Å²) < 4.78 is 29.3. The zero-order valence-corrected chi connectivity index (χ0v) is 15.1. The van der Waals surface area contributed by atoms with Gasteiger partial charge in [-0.25, -0.2) is 8.42 Å². The number of rotatable bonds is 5. The lowest BCUT2D eigenvalue weighted by Gasteiger charge is -2.36. The van der Waals surface area contributed by atoms with Gasteiger partial charge < -0.3 is 15.0 Å². The normalized spacial score (nSPS) is 12.0. The molecule has 0 aliphatic rings. The van der Waals surface area contributed by atoms with Crippen molar-refractivity contribution in [3.63, 3.8) is 0 Å². The van der Waals surface area contributed by atoms with E-state index < -0.39 is 22.6 Å². The fourth-order valence-electron chi connectivity index (χ4n) is 2.33. The number of anilines is 1. The summed E-state index contributed by atoms with van der Waals surface area (Å²) in [5, 5.41) is 12.2. The van der Waals surface area contributed by atoms with Gasteiger partial charge in [0.15, 0.2) is 0 Å². The smallest absolute Gasteiger partial charge is 0.406 e. The second-order valence-electron chi connectivity index (χ2n) is 6.63. The second-order valence-corrected chi connectivity index (χ2v) is 8.20. The minimum Gasteiger partial charge on any atom is -0.540 e. The van der Waals surface area contributed by atoms with Gasteiger partial charge in [-0.2, -0.15) is 0 Å². The summed E-state index contributed by atoms with van der Waals surface area (Å²) in [6, 6.07) is 14.1. The molecule has 24 heavy (non-hydrogen) atoms. The summed E-state index contributed by atoms with van der Waals surface area (Å²) >= 11 is 0. The van der Waals surface area contributed by atoms with E-state index in [0.717, 1.165) is 11.3 Å². The monoisotopic (exact) mass is 345 g/mol. The molecule has 0 saturated carbocycles. The number of nitrogens with one attached hydrogen (secondary N) is 1. The Morgan fingerprint density at radius 1 is 1.04 bits per heavy atom. The molecule has 0 heterocycles. The van der Waals surface area contributed by atoms with E-state index in [1.54, 1.807) is 64.0 Å². The van der Waals surface area contributed by atoms with Crippen LogP contribution in [-0.4, -0.2) is 26.0 Å². The van der Waals surface area contributed by atoms with Crippen molar-refractivity contribution < 1.29 is 13.4 Å². The molecule has 0 aromatic heterocycles. The molecule has 2 aromatic rings. The van der Waals surface area contributed by atoms with Gasteiger partial charge in [0, 0.05) is 5.69 Å². The Kier molecular flexibility index (Phi) is 5.37. The lowest BCUT2D eigenvalue weighted by Crippen LogP contribution is -2.19. The minimum absolute atomic E-state index is 0.191. The molecule has 2 aromatic carbocycles. The number of hydrogen-bond acceptors (Lipinski definition) is 4. The number of hydrogen-bond donors (Lipinski definition) is 2. The predicted octanol–water partition coefficient (Wildman–Crippen LogP) is 3.74. The van der Waals surface area contributed by atoms with Crippen LogP contribution in [0.15, 0.2) is 53.4 Å². The van der Waals surface area contributed by atoms with E-state index in [4.69, 9.17) is 0 Å². The molecule has 0 spiro atoms. The molecule has 0 saturated heterocycles. The molecular weight excluding hydrogens is 323 g/mol. The van der Waals surface area contributed by atoms with E-state index in [2.05, 4.69) is 9.95 Å². The van der Waals surface area contributed by atoms with Crippen LogP contribution in [0.4, 0.5) is 5.69 Å². The van der Waals surface area contributed by atoms with Gasteiger partial charge in [0.25, 0.3) is 0 Å². The first-order valence-corrected chi connectivity index (χ1v) is 9.16. The van der Waals surface area contributed by atoms with E-state index in [0.29, 0.717) is 5.56 Å². The van der Waals surface area contributed by atoms with Crippen LogP contribution in [0, 0.1) is 0 Å². The Hall–Kier alpha value is -1.83. The van der Waals surface area contributed by atoms with E-state index in [9.17, 15) is 13.4 Å². The van der Waals surface area contributed by atoms with Gasteiger partial charge in [-0.15, -0.1) is 5.54 Å². The van der Waals surface area contributed by atoms with Crippen molar-refractivity contribution in [1.29, 1.82) is 0 Å². The van der Waals surface area contributed by atoms with Gasteiger partial charge in [-0.3, -0.25) is 0 Å². The van der Waals surface area contributed by atoms with Crippen LogP contribution in [0.1, 0.15) is 20.8 Å². The fourth-order valence-corrected chi connectivity index (χ4v) is 3.86. The molecular formula is C17H22BN2O3S-. The molecule has 0 aliphatic carbocycles. The molecule has 7 heteroatoms. The second kappa shape index (κ2) is 6.97. The van der Waals surface area contributed by atoms with Gasteiger partial charge in [-0.05, 0) is 36.1 Å². The largest absolute Gasteiger partial charge is 0.540 e. The molecule has 2 rings (SSSR count). The van der Waals surface area contributed by atoms with Crippen molar-refractivity contribution in [2.75, 3.05) is 5.23 Å². The first kappa shape index (κ1) is 18.5. The Bertz CT molecular complexity index is 797. The Morgan fingerprint density at radius 3 is 2.17 bits per heavy atom. The Balaban J connectivity index is 2.42. The molecule has 0 radical (unpaired) electrons. The topological polar surface area (TPSA) is 80.5 Å². The first-order valence-electron chi connectivity index (χ1n) is 7.72. The molecule has 5 nitrogen and oxygen atoms in total. The highest BCUT2D eigenvalue weighted by Gasteiger charge is 2.15. The molecule has 0 atom stereocenters. The maximum atomic E-state index is 12.6. The average Bonchev–Trinajstić information content (AvgIpc) is 2.45. The third-order valence-electron chi connectivity index (χ3n) is 3.13. The molecule has 0 amide bonds. The summed E-state index contributed by atoms with van der Waals surface area (Å²) in [6.07, 6.45) is 0. The third kappa shape index (κ3) is 4.83. The zero-order valence-electron chi connectivity index (χ0n) is 14.3. The van der Waals surface area contributed by atoms with E-state index in [-0.39, 0.29) is 4.90 Å². The van der Waals surface area contributed by atoms with Crippen molar-refractivity contribution in [1.82, 2.24) is 0 Å². The predicted molar refractivity (Wildman–Crippen MR) is 99.6 cm³/mol. The van der Waals surface area contributed by atoms with E-state index in [1.165, 1.54) is 0 Å². The molecule has 0 unspecified atom stereocenters. The number of benzene rings is 2. The van der Waals surface area contributed by atoms with Gasteiger partial charge in [0.2, 0.25) is 0 Å². The van der Waals surface area contributed by atoms with Crippen LogP contribution < -0.4 is 5.23 Å². The molecule has 0 aliphatic heterocycles. The Morgan fingerprint density at radius 2 is 1.62 bits per heavy atom. The number of sulfonamides is 1. The highest BCUT2D eigenvalue weighted by atomic mass is 32.2. The average molecular weight is 345 g/mol. The first-order chi connectivity index (χ1) is 11.1. The lowest BCUT2D eigenvalue weighted by molar-refractivity contribution is 0.586. The fraction of sp³-hybridized carbons (Fsp3) is 0.294. The summed E-state index contributed by atoms with van der Waals surface area (Å²) in [7, 11) is -4.41. The SMILES string of the molecule is CB(O)Nc1ccc(-c2ccccc2S(=O)(=O)[N-]C(C)(C)C)cc1. The summed E-state index contributed by atoms with van der Waals surface area (Å²) in [4.78, 5) is 0.191. The van der Waals surface area contributed by atoms with Crippen LogP contribution in [0.3, 0.4) is 0 Å². The quantitative estimate of drug-likeness (QED) is 0.809. The summed E-state index contributed by atoms with van der Waals surface area (Å²) in [5.41, 5.74) is 1.45. The molecule has 0 bridgehead atoms. The molecule has 0 fully saturated rings. The standard InChI is InChI=1S/C17H22BN2O3S/c1-17(2,3)20-24(22,23)16-8-6-5-7-15(16)13-9-11-14(12-10-13)19-18(4)21/h5-12,19,21H,1-4H3/q-1. The van der Waals surface area contributed by atoms with Gasteiger partial charge in [-0.1, -0.05) is 51.1 Å². The van der Waals surface area contributed by atoms with Crippen molar-refractivity contribution in [3.8, 4) is 11.1 Å². The van der Waals surface area contributed by atoms with Gasteiger partial charge in [0.05, 0.1) is 4.90 Å². The van der Waals surface area contributed by atoms with Crippen LogP contribution in [0.5, 0.6) is 0 Å². The molecule has 128 valence electrons. The van der Waals surface area contributed by atoms with E-state index >= 15 is 0 Å². The van der Waals surface area contributed by atoms with Crippen LogP contribution in [-0.2, 0) is 10.0 Å². The van der Waals surface area contributed by atoms with Gasteiger partial charge in [0.1, 0.15) is 10.0 Å². The maximum absolute atomic E-state index is 12.6. The van der Waals surface area contributed by atoms with Crippen molar-refractivity contribution in [3.05, 3.63) is 53.3 Å². The Labute approximate surface area is 144 Å². The van der Waals surface area contributed by atoms with Crippen LogP contribution >= 0.6 is 0 Å². The molecule has 2 N–H and O–H groups in total. The third-order valence-corrected chi connectivity index (χ3v) is 4.83. The van der Waals surface area contributed by atoms with Crippen molar-refractivity contribution in [2.45, 2.75) is 38.0 Å². The zero-order chi connectivity index (χ0) is 18.0.